The molecular weight excluding hydrogens is 357 g/mol. The van der Waals surface area contributed by atoms with E-state index in [0.29, 0.717) is 6.04 Å². The number of fused-ring (bicyclic) bond motifs is 1. The predicted molar refractivity (Wildman–Crippen MR) is 83.0 cm³/mol. The average molecular weight is 373 g/mol. The third kappa shape index (κ3) is 2.51. The van der Waals surface area contributed by atoms with Crippen LogP contribution in [0, 0.1) is 2.88 Å². The third-order valence-electron chi connectivity index (χ3n) is 3.50. The number of thiophene rings is 1. The van der Waals surface area contributed by atoms with Crippen LogP contribution in [0.5, 0.6) is 0 Å². The quantitative estimate of drug-likeness (QED) is 0.791. The number of rotatable bonds is 3. The van der Waals surface area contributed by atoms with Crippen LogP contribution < -0.4 is 5.32 Å². The van der Waals surface area contributed by atoms with Gasteiger partial charge >= 0.3 is 0 Å². The second-order valence-electron chi connectivity index (χ2n) is 4.78. The van der Waals surface area contributed by atoms with Crippen LogP contribution in [-0.4, -0.2) is 0 Å². The predicted octanol–water partition coefficient (Wildman–Crippen LogP) is 4.67. The Balaban J connectivity index is 1.78. The van der Waals surface area contributed by atoms with Crippen LogP contribution in [-0.2, 0) is 6.42 Å². The summed E-state index contributed by atoms with van der Waals surface area (Å²) in [4.78, 5) is 1.56. The average Bonchev–Trinajstić information content (AvgIpc) is 2.96. The molecule has 1 N–H and O–H groups in total. The summed E-state index contributed by atoms with van der Waals surface area (Å²) in [5.41, 5.74) is 1.51. The smallest absolute Gasteiger partial charge is 0.120 e. The van der Waals surface area contributed by atoms with Crippen LogP contribution >= 0.6 is 33.9 Å². The van der Waals surface area contributed by atoms with E-state index in [1.807, 2.05) is 23.5 Å². The molecule has 2 heterocycles. The molecule has 2 aromatic rings. The highest BCUT2D eigenvalue weighted by atomic mass is 127. The second kappa shape index (κ2) is 5.35. The van der Waals surface area contributed by atoms with Gasteiger partial charge in [-0.05, 0) is 72.5 Å². The summed E-state index contributed by atoms with van der Waals surface area (Å²) >= 11 is 4.37. The number of nitrogens with one attached hydrogen (secondary N) is 1. The maximum atomic E-state index is 5.47. The Morgan fingerprint density at radius 2 is 2.44 bits per heavy atom. The first-order valence-corrected chi connectivity index (χ1v) is 8.21. The lowest BCUT2D eigenvalue weighted by molar-refractivity contribution is 0.369. The lowest BCUT2D eigenvalue weighted by atomic mass is 9.93. The zero-order chi connectivity index (χ0) is 12.5. The second-order valence-corrected chi connectivity index (χ2v) is 7.81. The first-order chi connectivity index (χ1) is 8.74. The van der Waals surface area contributed by atoms with Crippen molar-refractivity contribution in [2.24, 2.45) is 0 Å². The van der Waals surface area contributed by atoms with Crippen molar-refractivity contribution in [3.8, 4) is 0 Å². The molecule has 2 atom stereocenters. The number of hydrogen-bond donors (Lipinski definition) is 1. The van der Waals surface area contributed by atoms with Crippen molar-refractivity contribution >= 4 is 33.9 Å². The summed E-state index contributed by atoms with van der Waals surface area (Å²) in [6.07, 6.45) is 5.50. The maximum absolute atomic E-state index is 5.47. The SMILES string of the molecule is C[C@H](NC1CCCc2sc(I)cc21)c1ccco1. The molecule has 4 heteroatoms. The normalized spacial score (nSPS) is 20.7. The highest BCUT2D eigenvalue weighted by Gasteiger charge is 2.24. The van der Waals surface area contributed by atoms with Crippen molar-refractivity contribution in [2.45, 2.75) is 38.3 Å². The topological polar surface area (TPSA) is 25.2 Å². The van der Waals surface area contributed by atoms with E-state index >= 15 is 0 Å². The van der Waals surface area contributed by atoms with Gasteiger partial charge in [0.2, 0.25) is 0 Å². The molecule has 3 rings (SSSR count). The zero-order valence-electron chi connectivity index (χ0n) is 10.3. The van der Waals surface area contributed by atoms with E-state index in [9.17, 15) is 0 Å². The molecule has 0 saturated carbocycles. The Morgan fingerprint density at radius 1 is 1.56 bits per heavy atom. The summed E-state index contributed by atoms with van der Waals surface area (Å²) < 4.78 is 6.87. The molecule has 1 unspecified atom stereocenters. The summed E-state index contributed by atoms with van der Waals surface area (Å²) in [6, 6.07) is 7.08. The molecule has 0 saturated heterocycles. The van der Waals surface area contributed by atoms with Gasteiger partial charge in [-0.15, -0.1) is 11.3 Å². The van der Waals surface area contributed by atoms with Gasteiger partial charge in [0.05, 0.1) is 15.2 Å². The molecule has 0 bridgehead atoms. The van der Waals surface area contributed by atoms with E-state index in [1.165, 1.54) is 27.7 Å². The highest BCUT2D eigenvalue weighted by Crippen LogP contribution is 2.37. The largest absolute Gasteiger partial charge is 0.468 e. The Hall–Kier alpha value is -0.330. The van der Waals surface area contributed by atoms with Crippen LogP contribution in [0.4, 0.5) is 0 Å². The van der Waals surface area contributed by atoms with Crippen LogP contribution in [0.25, 0.3) is 0 Å². The summed E-state index contributed by atoms with van der Waals surface area (Å²) in [7, 11) is 0. The summed E-state index contributed by atoms with van der Waals surface area (Å²) in [5, 5.41) is 3.70. The van der Waals surface area contributed by atoms with Crippen molar-refractivity contribution in [3.63, 3.8) is 0 Å². The van der Waals surface area contributed by atoms with Gasteiger partial charge in [0.1, 0.15) is 5.76 Å². The van der Waals surface area contributed by atoms with E-state index in [4.69, 9.17) is 4.42 Å². The molecule has 0 aliphatic heterocycles. The molecule has 0 spiro atoms. The summed E-state index contributed by atoms with van der Waals surface area (Å²) in [5.74, 6) is 1.02. The van der Waals surface area contributed by atoms with Gasteiger partial charge in [-0.25, -0.2) is 0 Å². The number of hydrogen-bond acceptors (Lipinski definition) is 3. The Morgan fingerprint density at radius 3 is 3.22 bits per heavy atom. The van der Waals surface area contributed by atoms with Crippen molar-refractivity contribution in [2.75, 3.05) is 0 Å². The lowest BCUT2D eigenvalue weighted by Crippen LogP contribution is -2.26. The minimum atomic E-state index is 0.272. The minimum Gasteiger partial charge on any atom is -0.468 e. The van der Waals surface area contributed by atoms with Gasteiger partial charge in [0, 0.05) is 10.9 Å². The Bertz CT molecular complexity index is 520. The van der Waals surface area contributed by atoms with Gasteiger partial charge < -0.3 is 9.73 Å². The van der Waals surface area contributed by atoms with E-state index in [1.54, 1.807) is 11.1 Å². The fourth-order valence-electron chi connectivity index (χ4n) is 2.62. The van der Waals surface area contributed by atoms with Crippen LogP contribution in [0.1, 0.15) is 48.0 Å². The molecule has 0 fully saturated rings. The van der Waals surface area contributed by atoms with Gasteiger partial charge in [-0.1, -0.05) is 0 Å². The van der Waals surface area contributed by atoms with Crippen LogP contribution in [0.2, 0.25) is 0 Å². The van der Waals surface area contributed by atoms with Gasteiger partial charge in [-0.2, -0.15) is 0 Å². The lowest BCUT2D eigenvalue weighted by Gasteiger charge is -2.26. The third-order valence-corrected chi connectivity index (χ3v) is 5.48. The molecule has 2 aromatic heterocycles. The highest BCUT2D eigenvalue weighted by molar-refractivity contribution is 14.1. The Kier molecular flexibility index (Phi) is 3.77. The zero-order valence-corrected chi connectivity index (χ0v) is 13.3. The van der Waals surface area contributed by atoms with E-state index < -0.39 is 0 Å². The van der Waals surface area contributed by atoms with Gasteiger partial charge in [0.15, 0.2) is 0 Å². The minimum absolute atomic E-state index is 0.272. The maximum Gasteiger partial charge on any atom is 0.120 e. The molecule has 0 aromatic carbocycles. The first kappa shape index (κ1) is 12.7. The molecule has 1 aliphatic rings. The fraction of sp³-hybridized carbons (Fsp3) is 0.429. The van der Waals surface area contributed by atoms with Crippen molar-refractivity contribution in [1.29, 1.82) is 0 Å². The number of furan rings is 1. The van der Waals surface area contributed by atoms with Gasteiger partial charge in [0.25, 0.3) is 0 Å². The molecule has 0 amide bonds. The van der Waals surface area contributed by atoms with Crippen molar-refractivity contribution < 1.29 is 4.42 Å². The molecule has 2 nitrogen and oxygen atoms in total. The van der Waals surface area contributed by atoms with E-state index in [2.05, 4.69) is 40.9 Å². The monoisotopic (exact) mass is 373 g/mol. The number of aryl methyl sites for hydroxylation is 1. The summed E-state index contributed by atoms with van der Waals surface area (Å²) in [6.45, 7) is 2.17. The van der Waals surface area contributed by atoms with Crippen molar-refractivity contribution in [3.05, 3.63) is 43.5 Å². The molecule has 18 heavy (non-hydrogen) atoms. The standard InChI is InChI=1S/C14H16INOS/c1-9(12-5-3-7-17-12)16-11-4-2-6-13-10(11)8-14(15)18-13/h3,5,7-9,11,16H,2,4,6H2,1H3/t9-,11?/m0/s1. The number of halogens is 1. The molecular formula is C14H16INOS. The van der Waals surface area contributed by atoms with Crippen LogP contribution in [0.3, 0.4) is 0 Å². The van der Waals surface area contributed by atoms with Crippen LogP contribution in [0.15, 0.2) is 28.9 Å². The molecule has 0 radical (unpaired) electrons. The van der Waals surface area contributed by atoms with Gasteiger partial charge in [-0.3, -0.25) is 0 Å². The fourth-order valence-corrected chi connectivity index (χ4v) is 4.74. The van der Waals surface area contributed by atoms with E-state index in [-0.39, 0.29) is 6.04 Å². The molecule has 1 aliphatic carbocycles. The van der Waals surface area contributed by atoms with Crippen molar-refractivity contribution in [1.82, 2.24) is 5.32 Å². The Labute approximate surface area is 125 Å². The first-order valence-electron chi connectivity index (χ1n) is 6.31. The van der Waals surface area contributed by atoms with E-state index in [0.717, 1.165) is 5.76 Å². The molecule has 96 valence electrons.